The van der Waals surface area contributed by atoms with E-state index in [4.69, 9.17) is 9.40 Å². The molecule has 0 saturated heterocycles. The predicted octanol–water partition coefficient (Wildman–Crippen LogP) is 12.0. The van der Waals surface area contributed by atoms with Crippen molar-refractivity contribution in [2.45, 2.75) is 0 Å². The van der Waals surface area contributed by atoms with Crippen LogP contribution in [0.25, 0.3) is 99.3 Å². The molecule has 0 bridgehead atoms. The topological polar surface area (TPSA) is 35.4 Å². The summed E-state index contributed by atoms with van der Waals surface area (Å²) in [5, 5.41) is 8.74. The lowest BCUT2D eigenvalue weighted by Crippen LogP contribution is -1.94. The molecular formula is C45H27N3O. The van der Waals surface area contributed by atoms with Gasteiger partial charge in [0.25, 0.3) is 0 Å². The average Bonchev–Trinajstić information content (AvgIpc) is 3.82. The molecule has 4 nitrogen and oxygen atoms in total. The number of para-hydroxylation sites is 2. The fourth-order valence-corrected chi connectivity index (χ4v) is 7.86. The van der Waals surface area contributed by atoms with Gasteiger partial charge in [0, 0.05) is 11.1 Å². The Morgan fingerprint density at radius 1 is 0.408 bits per heavy atom. The van der Waals surface area contributed by atoms with Crippen molar-refractivity contribution in [1.29, 1.82) is 0 Å². The van der Waals surface area contributed by atoms with E-state index in [0.717, 1.165) is 55.8 Å². The van der Waals surface area contributed by atoms with E-state index in [1.807, 2.05) is 24.3 Å². The van der Waals surface area contributed by atoms with Gasteiger partial charge < -0.3 is 4.42 Å². The van der Waals surface area contributed by atoms with Crippen LogP contribution >= 0.6 is 0 Å². The van der Waals surface area contributed by atoms with Crippen molar-refractivity contribution in [3.8, 4) is 27.9 Å². The molecule has 0 N–H and O–H groups in total. The fraction of sp³-hybridized carbons (Fsp3) is 0. The van der Waals surface area contributed by atoms with Crippen LogP contribution in [0.5, 0.6) is 0 Å². The van der Waals surface area contributed by atoms with Gasteiger partial charge in [0.1, 0.15) is 11.1 Å². The van der Waals surface area contributed by atoms with Gasteiger partial charge in [-0.3, -0.25) is 4.57 Å². The van der Waals surface area contributed by atoms with Crippen molar-refractivity contribution in [3.63, 3.8) is 0 Å². The summed E-state index contributed by atoms with van der Waals surface area (Å²) in [4.78, 5) is 5.17. The van der Waals surface area contributed by atoms with Crippen LogP contribution in [0.15, 0.2) is 168 Å². The van der Waals surface area contributed by atoms with Crippen molar-refractivity contribution in [3.05, 3.63) is 164 Å². The summed E-state index contributed by atoms with van der Waals surface area (Å²) >= 11 is 0. The normalized spacial score (nSPS) is 12.1. The Bertz CT molecular complexity index is 3070. The van der Waals surface area contributed by atoms with Gasteiger partial charge >= 0.3 is 0 Å². The minimum Gasteiger partial charge on any atom is -0.437 e. The van der Waals surface area contributed by atoms with Gasteiger partial charge in [0.05, 0.1) is 11.0 Å². The lowest BCUT2D eigenvalue weighted by Gasteiger charge is -2.13. The van der Waals surface area contributed by atoms with Gasteiger partial charge in [0.2, 0.25) is 11.5 Å². The van der Waals surface area contributed by atoms with Crippen LogP contribution in [-0.4, -0.2) is 14.0 Å². The summed E-state index contributed by atoms with van der Waals surface area (Å²) in [6, 6.07) is 58.6. The highest BCUT2D eigenvalue weighted by molar-refractivity contribution is 6.25. The molecule has 0 spiro atoms. The zero-order valence-electron chi connectivity index (χ0n) is 26.3. The first kappa shape index (κ1) is 26.4. The van der Waals surface area contributed by atoms with E-state index in [0.29, 0.717) is 0 Å². The summed E-state index contributed by atoms with van der Waals surface area (Å²) in [5.41, 5.74) is 10.4. The van der Waals surface area contributed by atoms with Crippen LogP contribution < -0.4 is 0 Å². The third-order valence-corrected chi connectivity index (χ3v) is 10.1. The van der Waals surface area contributed by atoms with E-state index < -0.39 is 0 Å². The minimum absolute atomic E-state index is 0.766. The Labute approximate surface area is 280 Å². The second-order valence-corrected chi connectivity index (χ2v) is 12.8. The molecule has 8 aromatic carbocycles. The van der Waals surface area contributed by atoms with Gasteiger partial charge in [0.15, 0.2) is 0 Å². The monoisotopic (exact) mass is 625 g/mol. The molecule has 0 amide bonds. The summed E-state index contributed by atoms with van der Waals surface area (Å²) in [7, 11) is 0. The molecule has 0 aliphatic heterocycles. The predicted molar refractivity (Wildman–Crippen MR) is 203 cm³/mol. The Balaban J connectivity index is 1.10. The van der Waals surface area contributed by atoms with Crippen LogP contribution in [0.3, 0.4) is 0 Å². The second kappa shape index (κ2) is 9.93. The minimum atomic E-state index is 0.766. The Hall–Kier alpha value is -6.65. The van der Waals surface area contributed by atoms with Crippen molar-refractivity contribution in [2.24, 2.45) is 0 Å². The Morgan fingerprint density at radius 3 is 1.71 bits per heavy atom. The molecule has 0 atom stereocenters. The van der Waals surface area contributed by atoms with Gasteiger partial charge in [-0.1, -0.05) is 115 Å². The van der Waals surface area contributed by atoms with E-state index in [1.165, 1.54) is 43.4 Å². The number of hydrogen-bond donors (Lipinski definition) is 0. The smallest absolute Gasteiger partial charge is 0.234 e. The molecule has 3 aromatic heterocycles. The Morgan fingerprint density at radius 2 is 0.980 bits per heavy atom. The molecule has 0 aliphatic carbocycles. The zero-order chi connectivity index (χ0) is 32.1. The van der Waals surface area contributed by atoms with E-state index in [9.17, 15) is 0 Å². The van der Waals surface area contributed by atoms with Gasteiger partial charge in [-0.15, -0.1) is 0 Å². The molecule has 0 aliphatic rings. The number of furan rings is 1. The number of benzene rings is 8. The molecular weight excluding hydrogens is 599 g/mol. The number of rotatable bonds is 3. The number of fused-ring (bicyclic) bond motifs is 13. The van der Waals surface area contributed by atoms with Crippen LogP contribution in [-0.2, 0) is 0 Å². The Kier molecular flexibility index (Phi) is 5.35. The number of nitrogens with zero attached hydrogens (tertiary/aromatic N) is 3. The van der Waals surface area contributed by atoms with Gasteiger partial charge in [-0.25, -0.2) is 9.38 Å². The van der Waals surface area contributed by atoms with Crippen LogP contribution in [0, 0.1) is 0 Å². The maximum Gasteiger partial charge on any atom is 0.234 e. The van der Waals surface area contributed by atoms with Crippen molar-refractivity contribution < 1.29 is 4.42 Å². The molecule has 49 heavy (non-hydrogen) atoms. The standard InChI is InChI=1S/C45H27N3O/c1-2-13-32(14-3-1)47-41-27-31(22-24-40(41)48-44-43(46-45(47)48)38-19-8-9-20-42(38)49-44)29-12-10-11-28(25-29)30-21-23-37-35-17-5-4-15-33(35)34-16-6-7-18-36(34)39(37)26-30/h1-27H. The number of aromatic nitrogens is 3. The van der Waals surface area contributed by atoms with Crippen LogP contribution in [0.1, 0.15) is 0 Å². The van der Waals surface area contributed by atoms with Crippen molar-refractivity contribution in [1.82, 2.24) is 14.0 Å². The first-order valence-electron chi connectivity index (χ1n) is 16.6. The molecule has 228 valence electrons. The van der Waals surface area contributed by atoms with Crippen molar-refractivity contribution >= 4 is 71.3 Å². The summed E-state index contributed by atoms with van der Waals surface area (Å²) in [6.45, 7) is 0. The molecule has 3 heterocycles. The number of hydrogen-bond acceptors (Lipinski definition) is 2. The van der Waals surface area contributed by atoms with E-state index >= 15 is 0 Å². The number of imidazole rings is 2. The fourth-order valence-electron chi connectivity index (χ4n) is 7.86. The summed E-state index contributed by atoms with van der Waals surface area (Å²) < 4.78 is 10.8. The average molecular weight is 626 g/mol. The highest BCUT2D eigenvalue weighted by Gasteiger charge is 2.22. The molecule has 0 unspecified atom stereocenters. The highest BCUT2D eigenvalue weighted by Crippen LogP contribution is 2.39. The molecule has 11 aromatic rings. The summed E-state index contributed by atoms with van der Waals surface area (Å²) in [5.74, 6) is 0.836. The molecule has 0 fully saturated rings. The third-order valence-electron chi connectivity index (χ3n) is 10.1. The summed E-state index contributed by atoms with van der Waals surface area (Å²) in [6.07, 6.45) is 0. The second-order valence-electron chi connectivity index (χ2n) is 12.8. The maximum atomic E-state index is 6.41. The van der Waals surface area contributed by atoms with Crippen LogP contribution in [0.4, 0.5) is 0 Å². The first-order chi connectivity index (χ1) is 24.3. The highest BCUT2D eigenvalue weighted by atomic mass is 16.3. The third kappa shape index (κ3) is 3.77. The van der Waals surface area contributed by atoms with E-state index in [2.05, 4.69) is 148 Å². The lowest BCUT2D eigenvalue weighted by atomic mass is 9.91. The molecule has 4 heteroatoms. The van der Waals surface area contributed by atoms with Gasteiger partial charge in [-0.05, 0) is 103 Å². The first-order valence-corrected chi connectivity index (χ1v) is 16.6. The SMILES string of the molecule is c1ccc(-n2c3cc(-c4cccc(-c5ccc6c7ccccc7c7ccccc7c6c5)c4)ccc3n3c4oc5ccccc5c4nc23)cc1. The molecule has 0 saturated carbocycles. The zero-order valence-corrected chi connectivity index (χ0v) is 26.3. The lowest BCUT2D eigenvalue weighted by molar-refractivity contribution is 0.651. The van der Waals surface area contributed by atoms with Crippen molar-refractivity contribution in [2.75, 3.05) is 0 Å². The molecule has 0 radical (unpaired) electrons. The molecule has 11 rings (SSSR count). The van der Waals surface area contributed by atoms with E-state index in [1.54, 1.807) is 0 Å². The largest absolute Gasteiger partial charge is 0.437 e. The maximum absolute atomic E-state index is 6.41. The van der Waals surface area contributed by atoms with E-state index in [-0.39, 0.29) is 0 Å². The van der Waals surface area contributed by atoms with Crippen LogP contribution in [0.2, 0.25) is 0 Å². The van der Waals surface area contributed by atoms with Gasteiger partial charge in [-0.2, -0.15) is 0 Å². The quantitative estimate of drug-likeness (QED) is 0.183.